The summed E-state index contributed by atoms with van der Waals surface area (Å²) in [5.41, 5.74) is 3.98. The number of sulfonamides is 1. The minimum Gasteiger partial charge on any atom is -0.361 e. The van der Waals surface area contributed by atoms with E-state index < -0.39 is 10.0 Å². The van der Waals surface area contributed by atoms with Crippen molar-refractivity contribution in [1.82, 2.24) is 9.88 Å². The molecule has 2 aromatic rings. The summed E-state index contributed by atoms with van der Waals surface area (Å²) in [4.78, 5) is 5.51. The molecule has 0 saturated heterocycles. The normalized spacial score (nSPS) is 16.5. The lowest BCUT2D eigenvalue weighted by atomic mass is 9.99. The third-order valence-corrected chi connectivity index (χ3v) is 4.88. The monoisotopic (exact) mass is 317 g/mol. The smallest absolute Gasteiger partial charge is 0.254 e. The number of nitrogens with zero attached hydrogens (tertiary/aromatic N) is 1. The lowest BCUT2D eigenvalue weighted by Gasteiger charge is -2.21. The van der Waals surface area contributed by atoms with Crippen molar-refractivity contribution in [3.05, 3.63) is 48.0 Å². The predicted molar refractivity (Wildman–Crippen MR) is 91.1 cm³/mol. The molecular weight excluding hydrogens is 298 g/mol. The third-order valence-electron chi connectivity index (χ3n) is 3.92. The minimum absolute atomic E-state index is 0.543. The van der Waals surface area contributed by atoms with Crippen LogP contribution in [0, 0.1) is 0 Å². The van der Waals surface area contributed by atoms with E-state index in [1.165, 1.54) is 5.57 Å². The van der Waals surface area contributed by atoms with Crippen LogP contribution in [0.3, 0.4) is 0 Å². The fraction of sp³-hybridized carbons (Fsp3) is 0.250. The Hall–Kier alpha value is -2.05. The first-order valence-corrected chi connectivity index (χ1v) is 8.67. The van der Waals surface area contributed by atoms with Gasteiger partial charge >= 0.3 is 0 Å². The summed E-state index contributed by atoms with van der Waals surface area (Å²) in [6.07, 6.45) is 5.21. The van der Waals surface area contributed by atoms with E-state index in [1.807, 2.05) is 18.3 Å². The molecule has 6 heteroatoms. The van der Waals surface area contributed by atoms with Gasteiger partial charge in [-0.3, -0.25) is 4.72 Å². The summed E-state index contributed by atoms with van der Waals surface area (Å²) in [6.45, 7) is 5.27. The molecular formula is C16H19N3O2S. The molecule has 3 rings (SSSR count). The molecule has 2 N–H and O–H groups in total. The van der Waals surface area contributed by atoms with Crippen LogP contribution in [0.2, 0.25) is 0 Å². The number of aromatic nitrogens is 1. The Morgan fingerprint density at radius 1 is 1.41 bits per heavy atom. The zero-order valence-corrected chi connectivity index (χ0v) is 13.3. The van der Waals surface area contributed by atoms with Crippen molar-refractivity contribution in [2.75, 3.05) is 24.9 Å². The van der Waals surface area contributed by atoms with Crippen molar-refractivity contribution < 1.29 is 8.42 Å². The van der Waals surface area contributed by atoms with Crippen LogP contribution in [0.25, 0.3) is 16.5 Å². The number of benzene rings is 1. The van der Waals surface area contributed by atoms with Crippen molar-refractivity contribution in [2.24, 2.45) is 0 Å². The maximum atomic E-state index is 11.6. The minimum atomic E-state index is -3.49. The van der Waals surface area contributed by atoms with Crippen molar-refractivity contribution in [1.29, 1.82) is 0 Å². The first kappa shape index (κ1) is 14.9. The lowest BCUT2D eigenvalue weighted by Crippen LogP contribution is -2.23. The van der Waals surface area contributed by atoms with Gasteiger partial charge in [-0.2, -0.15) is 0 Å². The van der Waals surface area contributed by atoms with Crippen molar-refractivity contribution in [3.63, 3.8) is 0 Å². The van der Waals surface area contributed by atoms with Gasteiger partial charge in [0.1, 0.15) is 0 Å². The average molecular weight is 317 g/mol. The second kappa shape index (κ2) is 5.62. The highest BCUT2D eigenvalue weighted by atomic mass is 32.2. The topological polar surface area (TPSA) is 65.2 Å². The average Bonchev–Trinajstić information content (AvgIpc) is 2.91. The number of likely N-dealkylation sites (N-methyl/N-ethyl adjacent to an activating group) is 1. The van der Waals surface area contributed by atoms with E-state index >= 15 is 0 Å². The first-order valence-electron chi connectivity index (χ1n) is 7.13. The Morgan fingerprint density at radius 2 is 2.23 bits per heavy atom. The van der Waals surface area contributed by atoms with Gasteiger partial charge in [0, 0.05) is 46.8 Å². The van der Waals surface area contributed by atoms with Crippen LogP contribution in [0.15, 0.2) is 42.5 Å². The molecule has 0 unspecified atom stereocenters. The Balaban J connectivity index is 2.01. The Bertz CT molecular complexity index is 849. The van der Waals surface area contributed by atoms with Crippen LogP contribution in [-0.4, -0.2) is 38.4 Å². The quantitative estimate of drug-likeness (QED) is 0.911. The van der Waals surface area contributed by atoms with E-state index in [4.69, 9.17) is 0 Å². The highest BCUT2D eigenvalue weighted by Gasteiger charge is 2.14. The molecule has 0 radical (unpaired) electrons. The number of nitrogens with one attached hydrogen (secondary N) is 2. The largest absolute Gasteiger partial charge is 0.361 e. The van der Waals surface area contributed by atoms with Gasteiger partial charge in [0.2, 0.25) is 0 Å². The standard InChI is InChI=1S/C16H19N3O2S/c1-3-22(20,21)18-13-4-5-16-14(10-13)15(11-17-16)12-6-8-19(2)9-7-12/h3-6,10-11,17-18H,1,7-9H2,2H3. The van der Waals surface area contributed by atoms with Crippen LogP contribution in [0.1, 0.15) is 12.0 Å². The molecule has 1 aliphatic rings. The molecule has 5 nitrogen and oxygen atoms in total. The van der Waals surface area contributed by atoms with E-state index in [2.05, 4.69) is 34.3 Å². The van der Waals surface area contributed by atoms with Crippen LogP contribution in [0.4, 0.5) is 5.69 Å². The molecule has 0 saturated carbocycles. The molecule has 22 heavy (non-hydrogen) atoms. The SMILES string of the molecule is C=CS(=O)(=O)Nc1ccc2[nH]cc(C3=CCN(C)CC3)c2c1. The number of H-pyrrole nitrogens is 1. The summed E-state index contributed by atoms with van der Waals surface area (Å²) in [5.74, 6) is 0. The van der Waals surface area contributed by atoms with E-state index in [0.717, 1.165) is 41.4 Å². The Morgan fingerprint density at radius 3 is 2.91 bits per heavy atom. The molecule has 1 aliphatic heterocycles. The van der Waals surface area contributed by atoms with Gasteiger partial charge in [-0.15, -0.1) is 0 Å². The number of anilines is 1. The molecule has 1 aromatic heterocycles. The van der Waals surface area contributed by atoms with Crippen molar-refractivity contribution in [3.8, 4) is 0 Å². The first-order chi connectivity index (χ1) is 10.5. The maximum Gasteiger partial charge on any atom is 0.254 e. The Kier molecular flexibility index (Phi) is 3.80. The van der Waals surface area contributed by atoms with E-state index in [0.29, 0.717) is 5.69 Å². The number of hydrogen-bond acceptors (Lipinski definition) is 3. The zero-order valence-electron chi connectivity index (χ0n) is 12.5. The number of rotatable bonds is 4. The van der Waals surface area contributed by atoms with Gasteiger partial charge in [0.15, 0.2) is 0 Å². The third kappa shape index (κ3) is 2.93. The van der Waals surface area contributed by atoms with E-state index in [-0.39, 0.29) is 0 Å². The maximum absolute atomic E-state index is 11.6. The molecule has 0 fully saturated rings. The highest BCUT2D eigenvalue weighted by Crippen LogP contribution is 2.31. The van der Waals surface area contributed by atoms with Crippen molar-refractivity contribution in [2.45, 2.75) is 6.42 Å². The molecule has 0 amide bonds. The van der Waals surface area contributed by atoms with Gasteiger partial charge in [0.05, 0.1) is 0 Å². The van der Waals surface area contributed by atoms with E-state index in [9.17, 15) is 8.42 Å². The highest BCUT2D eigenvalue weighted by molar-refractivity contribution is 7.95. The van der Waals surface area contributed by atoms with Gasteiger partial charge in [0.25, 0.3) is 10.0 Å². The summed E-state index contributed by atoms with van der Waals surface area (Å²) < 4.78 is 25.7. The van der Waals surface area contributed by atoms with Crippen LogP contribution < -0.4 is 4.72 Å². The second-order valence-corrected chi connectivity index (χ2v) is 7.15. The lowest BCUT2D eigenvalue weighted by molar-refractivity contribution is 0.370. The van der Waals surface area contributed by atoms with Gasteiger partial charge in [-0.05, 0) is 37.2 Å². The van der Waals surface area contributed by atoms with Crippen LogP contribution in [0.5, 0.6) is 0 Å². The second-order valence-electron chi connectivity index (χ2n) is 5.52. The summed E-state index contributed by atoms with van der Waals surface area (Å²) in [5, 5.41) is 1.94. The summed E-state index contributed by atoms with van der Waals surface area (Å²) in [6, 6.07) is 5.49. The molecule has 2 heterocycles. The molecule has 0 bridgehead atoms. The van der Waals surface area contributed by atoms with Crippen LogP contribution in [-0.2, 0) is 10.0 Å². The fourth-order valence-corrected chi connectivity index (χ4v) is 3.21. The number of hydrogen-bond donors (Lipinski definition) is 2. The molecule has 0 spiro atoms. The zero-order chi connectivity index (χ0) is 15.7. The molecule has 0 aliphatic carbocycles. The number of fused-ring (bicyclic) bond motifs is 1. The van der Waals surface area contributed by atoms with Crippen molar-refractivity contribution >= 4 is 32.2 Å². The number of aromatic amines is 1. The predicted octanol–water partition coefficient (Wildman–Crippen LogP) is 2.77. The molecule has 116 valence electrons. The fourth-order valence-electron chi connectivity index (χ4n) is 2.67. The summed E-state index contributed by atoms with van der Waals surface area (Å²) in [7, 11) is -1.38. The summed E-state index contributed by atoms with van der Waals surface area (Å²) >= 11 is 0. The van der Waals surface area contributed by atoms with Gasteiger partial charge in [-0.25, -0.2) is 8.42 Å². The Labute approximate surface area is 130 Å². The van der Waals surface area contributed by atoms with Gasteiger partial charge in [-0.1, -0.05) is 12.7 Å². The van der Waals surface area contributed by atoms with E-state index in [1.54, 1.807) is 6.07 Å². The molecule has 0 atom stereocenters. The van der Waals surface area contributed by atoms with Gasteiger partial charge < -0.3 is 9.88 Å². The molecule has 1 aromatic carbocycles. The van der Waals surface area contributed by atoms with Crippen LogP contribution >= 0.6 is 0 Å².